The number of ether oxygens (including phenoxy) is 1. The zero-order valence-corrected chi connectivity index (χ0v) is 16.4. The zero-order valence-electron chi connectivity index (χ0n) is 14.9. The molecule has 0 radical (unpaired) electrons. The molecule has 2 amide bonds. The molecule has 0 aliphatic carbocycles. The number of halogens is 2. The molecular weight excluding hydrogens is 403 g/mol. The summed E-state index contributed by atoms with van der Waals surface area (Å²) in [5, 5.41) is 3.31. The lowest BCUT2D eigenvalue weighted by atomic mass is 10.1. The van der Waals surface area contributed by atoms with Gasteiger partial charge in [0.25, 0.3) is 5.91 Å². The Bertz CT molecular complexity index is 869. The van der Waals surface area contributed by atoms with E-state index in [0.717, 1.165) is 5.56 Å². The van der Waals surface area contributed by atoms with Gasteiger partial charge in [0.15, 0.2) is 6.61 Å². The first-order valence-corrected chi connectivity index (χ1v) is 9.40. The van der Waals surface area contributed by atoms with E-state index < -0.39 is 24.4 Å². The Morgan fingerprint density at radius 3 is 2.46 bits per heavy atom. The summed E-state index contributed by atoms with van der Waals surface area (Å²) in [7, 11) is 0. The molecule has 2 aromatic carbocycles. The molecule has 2 aromatic rings. The molecular formula is C20H18Cl2N2O4. The Kier molecular flexibility index (Phi) is 6.54. The molecule has 0 bridgehead atoms. The van der Waals surface area contributed by atoms with Crippen molar-refractivity contribution in [3.63, 3.8) is 0 Å². The molecule has 1 aliphatic rings. The maximum absolute atomic E-state index is 12.2. The molecule has 1 saturated heterocycles. The molecule has 0 aromatic heterocycles. The maximum atomic E-state index is 12.2. The Hall–Kier alpha value is -2.57. The fourth-order valence-corrected chi connectivity index (χ4v) is 3.49. The number of carbonyl (C=O) groups excluding carboxylic acids is 3. The van der Waals surface area contributed by atoms with Crippen molar-refractivity contribution in [2.75, 3.05) is 18.5 Å². The average molecular weight is 421 g/mol. The van der Waals surface area contributed by atoms with Crippen molar-refractivity contribution in [1.29, 1.82) is 0 Å². The van der Waals surface area contributed by atoms with Crippen molar-refractivity contribution < 1.29 is 19.1 Å². The molecule has 3 rings (SSSR count). The Morgan fingerprint density at radius 2 is 1.79 bits per heavy atom. The second kappa shape index (κ2) is 9.08. The largest absolute Gasteiger partial charge is 0.455 e. The van der Waals surface area contributed by atoms with Crippen molar-refractivity contribution in [2.45, 2.75) is 13.0 Å². The van der Waals surface area contributed by atoms with Crippen LogP contribution in [0.1, 0.15) is 12.0 Å². The van der Waals surface area contributed by atoms with Gasteiger partial charge in [-0.2, -0.15) is 0 Å². The van der Waals surface area contributed by atoms with E-state index in [4.69, 9.17) is 27.9 Å². The molecule has 1 atom stereocenters. The zero-order chi connectivity index (χ0) is 20.1. The van der Waals surface area contributed by atoms with Crippen LogP contribution in [0, 0.1) is 5.92 Å². The molecule has 8 heteroatoms. The molecule has 28 heavy (non-hydrogen) atoms. The summed E-state index contributed by atoms with van der Waals surface area (Å²) in [5.74, 6) is -1.77. The summed E-state index contributed by atoms with van der Waals surface area (Å²) in [5.41, 5.74) is 1.40. The number of esters is 1. The number of anilines is 1. The highest BCUT2D eigenvalue weighted by atomic mass is 35.5. The summed E-state index contributed by atoms with van der Waals surface area (Å²) >= 11 is 11.7. The molecule has 6 nitrogen and oxygen atoms in total. The summed E-state index contributed by atoms with van der Waals surface area (Å²) in [6.45, 7) is 0.268. The number of nitrogens with zero attached hydrogens (tertiary/aromatic N) is 1. The van der Waals surface area contributed by atoms with Crippen molar-refractivity contribution in [2.24, 2.45) is 5.92 Å². The second-order valence-electron chi connectivity index (χ2n) is 6.47. The summed E-state index contributed by atoms with van der Waals surface area (Å²) < 4.78 is 5.07. The van der Waals surface area contributed by atoms with E-state index in [1.807, 2.05) is 30.3 Å². The maximum Gasteiger partial charge on any atom is 0.311 e. The monoisotopic (exact) mass is 420 g/mol. The van der Waals surface area contributed by atoms with Gasteiger partial charge in [-0.1, -0.05) is 53.5 Å². The highest BCUT2D eigenvalue weighted by Gasteiger charge is 2.35. The van der Waals surface area contributed by atoms with Gasteiger partial charge in [0.2, 0.25) is 5.91 Å². The SMILES string of the molecule is O=C(COC(=O)C1CC(=O)N(Cc2ccccc2)C1)Nc1cc(Cl)cc(Cl)c1. The first-order valence-electron chi connectivity index (χ1n) is 8.65. The molecule has 146 valence electrons. The Morgan fingerprint density at radius 1 is 1.11 bits per heavy atom. The number of likely N-dealkylation sites (tertiary alicyclic amines) is 1. The van der Waals surface area contributed by atoms with Gasteiger partial charge in [-0.3, -0.25) is 14.4 Å². The van der Waals surface area contributed by atoms with Crippen LogP contribution in [0.25, 0.3) is 0 Å². The number of carbonyl (C=O) groups is 3. The number of rotatable bonds is 6. The van der Waals surface area contributed by atoms with Crippen LogP contribution in [0.15, 0.2) is 48.5 Å². The van der Waals surface area contributed by atoms with Gasteiger partial charge in [-0.15, -0.1) is 0 Å². The number of nitrogens with one attached hydrogen (secondary N) is 1. The van der Waals surface area contributed by atoms with Gasteiger partial charge in [0.05, 0.1) is 5.92 Å². The minimum absolute atomic E-state index is 0.0805. The van der Waals surface area contributed by atoms with Gasteiger partial charge in [0, 0.05) is 35.2 Å². The summed E-state index contributed by atoms with van der Waals surface area (Å²) in [6.07, 6.45) is 0.0805. The predicted octanol–water partition coefficient (Wildman–Crippen LogP) is 3.52. The molecule has 1 unspecified atom stereocenters. The van der Waals surface area contributed by atoms with E-state index in [0.29, 0.717) is 22.3 Å². The molecule has 1 heterocycles. The van der Waals surface area contributed by atoms with Gasteiger partial charge in [-0.25, -0.2) is 0 Å². The highest BCUT2D eigenvalue weighted by molar-refractivity contribution is 6.35. The Labute approximate surface area is 172 Å². The topological polar surface area (TPSA) is 75.7 Å². The Balaban J connectivity index is 1.48. The second-order valence-corrected chi connectivity index (χ2v) is 7.35. The van der Waals surface area contributed by atoms with E-state index in [1.54, 1.807) is 4.90 Å². The minimum Gasteiger partial charge on any atom is -0.455 e. The number of benzene rings is 2. The normalized spacial score (nSPS) is 16.1. The van der Waals surface area contributed by atoms with Crippen LogP contribution < -0.4 is 5.32 Å². The van der Waals surface area contributed by atoms with Crippen LogP contribution >= 0.6 is 23.2 Å². The van der Waals surface area contributed by atoms with E-state index in [2.05, 4.69) is 5.32 Å². The number of hydrogen-bond donors (Lipinski definition) is 1. The lowest BCUT2D eigenvalue weighted by Gasteiger charge is -2.16. The predicted molar refractivity (Wildman–Crippen MR) is 106 cm³/mol. The fraction of sp³-hybridized carbons (Fsp3) is 0.250. The summed E-state index contributed by atoms with van der Waals surface area (Å²) in [6, 6.07) is 14.1. The first kappa shape index (κ1) is 20.2. The third kappa shape index (κ3) is 5.47. The smallest absolute Gasteiger partial charge is 0.311 e. The van der Waals surface area contributed by atoms with E-state index in [-0.39, 0.29) is 18.9 Å². The van der Waals surface area contributed by atoms with Gasteiger partial charge >= 0.3 is 5.97 Å². The number of amides is 2. The third-order valence-electron chi connectivity index (χ3n) is 4.26. The van der Waals surface area contributed by atoms with Crippen molar-refractivity contribution in [3.8, 4) is 0 Å². The van der Waals surface area contributed by atoms with Crippen LogP contribution in [-0.4, -0.2) is 35.8 Å². The molecule has 0 spiro atoms. The van der Waals surface area contributed by atoms with Crippen LogP contribution in [-0.2, 0) is 25.7 Å². The van der Waals surface area contributed by atoms with E-state index >= 15 is 0 Å². The first-order chi connectivity index (χ1) is 13.4. The lowest BCUT2D eigenvalue weighted by molar-refractivity contribution is -0.151. The molecule has 1 aliphatic heterocycles. The van der Waals surface area contributed by atoms with Crippen LogP contribution in [0.5, 0.6) is 0 Å². The van der Waals surface area contributed by atoms with Crippen molar-refractivity contribution in [3.05, 3.63) is 64.1 Å². The summed E-state index contributed by atoms with van der Waals surface area (Å²) in [4.78, 5) is 38.0. The third-order valence-corrected chi connectivity index (χ3v) is 4.69. The quantitative estimate of drug-likeness (QED) is 0.725. The van der Waals surface area contributed by atoms with Crippen LogP contribution in [0.2, 0.25) is 10.0 Å². The average Bonchev–Trinajstić information content (AvgIpc) is 3.00. The van der Waals surface area contributed by atoms with Crippen LogP contribution in [0.4, 0.5) is 5.69 Å². The minimum atomic E-state index is -0.579. The van der Waals surface area contributed by atoms with E-state index in [1.165, 1.54) is 18.2 Å². The standard InChI is InChI=1S/C20H18Cl2N2O4/c21-15-7-16(22)9-17(8-15)23-18(25)12-28-20(27)14-6-19(26)24(11-14)10-13-4-2-1-3-5-13/h1-5,7-9,14H,6,10-12H2,(H,23,25). The van der Waals surface area contributed by atoms with Gasteiger partial charge < -0.3 is 15.0 Å². The van der Waals surface area contributed by atoms with Crippen LogP contribution in [0.3, 0.4) is 0 Å². The van der Waals surface area contributed by atoms with Crippen molar-refractivity contribution in [1.82, 2.24) is 4.90 Å². The van der Waals surface area contributed by atoms with Crippen molar-refractivity contribution >= 4 is 46.7 Å². The fourth-order valence-electron chi connectivity index (χ4n) is 2.96. The molecule has 1 fully saturated rings. The molecule has 0 saturated carbocycles. The lowest BCUT2D eigenvalue weighted by Crippen LogP contribution is -2.28. The highest BCUT2D eigenvalue weighted by Crippen LogP contribution is 2.23. The van der Waals surface area contributed by atoms with Gasteiger partial charge in [0.1, 0.15) is 0 Å². The van der Waals surface area contributed by atoms with Gasteiger partial charge in [-0.05, 0) is 23.8 Å². The molecule has 1 N–H and O–H groups in total. The van der Waals surface area contributed by atoms with E-state index in [9.17, 15) is 14.4 Å². The number of hydrogen-bond acceptors (Lipinski definition) is 4.